The van der Waals surface area contributed by atoms with Crippen molar-refractivity contribution in [2.75, 3.05) is 0 Å². The van der Waals surface area contributed by atoms with Crippen molar-refractivity contribution < 1.29 is 4.39 Å². The highest BCUT2D eigenvalue weighted by atomic mass is 19.1. The molecule has 0 aliphatic heterocycles. The van der Waals surface area contributed by atoms with Gasteiger partial charge in [0, 0.05) is 0 Å². The second kappa shape index (κ2) is 2.88. The molecule has 0 aliphatic carbocycles. The minimum atomic E-state index is 0.343. The minimum absolute atomic E-state index is 0.343. The minimum Gasteiger partial charge on any atom is -0.216 e. The van der Waals surface area contributed by atoms with Crippen molar-refractivity contribution in [1.29, 1.82) is 0 Å². The van der Waals surface area contributed by atoms with Crippen LogP contribution in [0.25, 0.3) is 0 Å². The molecule has 0 unspecified atom stereocenters. The highest BCUT2D eigenvalue weighted by Gasteiger charge is 1.78. The van der Waals surface area contributed by atoms with Crippen LogP contribution in [0.3, 0.4) is 0 Å². The molecule has 0 spiro atoms. The predicted molar refractivity (Wildman–Crippen MR) is 25.1 cm³/mol. The molecule has 0 heterocycles. The van der Waals surface area contributed by atoms with Crippen LogP contribution in [0.1, 0.15) is 13.8 Å². The Balaban J connectivity index is 3.03. The first-order valence-corrected chi connectivity index (χ1v) is 2.04. The SMILES string of the molecule is CC(C)C=CF. The van der Waals surface area contributed by atoms with Gasteiger partial charge in [-0.1, -0.05) is 19.9 Å². The number of hydrogen-bond donors (Lipinski definition) is 0. The van der Waals surface area contributed by atoms with Gasteiger partial charge in [0.1, 0.15) is 0 Å². The van der Waals surface area contributed by atoms with Crippen molar-refractivity contribution in [2.24, 2.45) is 5.92 Å². The summed E-state index contributed by atoms with van der Waals surface area (Å²) in [4.78, 5) is 0. The summed E-state index contributed by atoms with van der Waals surface area (Å²) in [5.41, 5.74) is 0. The van der Waals surface area contributed by atoms with E-state index >= 15 is 0 Å². The second-order valence-electron chi connectivity index (χ2n) is 1.56. The Morgan fingerprint density at radius 1 is 1.50 bits per heavy atom. The van der Waals surface area contributed by atoms with E-state index in [0.717, 1.165) is 0 Å². The van der Waals surface area contributed by atoms with E-state index in [1.165, 1.54) is 6.08 Å². The van der Waals surface area contributed by atoms with Crippen molar-refractivity contribution in [3.05, 3.63) is 12.4 Å². The molecule has 0 saturated heterocycles. The van der Waals surface area contributed by atoms with Gasteiger partial charge in [0.2, 0.25) is 0 Å². The van der Waals surface area contributed by atoms with Crippen LogP contribution in [-0.4, -0.2) is 0 Å². The van der Waals surface area contributed by atoms with Gasteiger partial charge in [-0.3, -0.25) is 0 Å². The summed E-state index contributed by atoms with van der Waals surface area (Å²) in [7, 11) is 0. The van der Waals surface area contributed by atoms with E-state index < -0.39 is 0 Å². The normalized spacial score (nSPS) is 11.3. The van der Waals surface area contributed by atoms with Crippen LogP contribution in [-0.2, 0) is 0 Å². The molecule has 0 saturated carbocycles. The highest BCUT2D eigenvalue weighted by Crippen LogP contribution is 1.91. The quantitative estimate of drug-likeness (QED) is 0.460. The molecule has 0 aromatic heterocycles. The summed E-state index contributed by atoms with van der Waals surface area (Å²) in [5.74, 6) is 0.343. The number of allylic oxidation sites excluding steroid dienone is 1. The molecule has 0 aliphatic rings. The highest BCUT2D eigenvalue weighted by molar-refractivity contribution is 4.74. The fraction of sp³-hybridized carbons (Fsp3) is 0.600. The fourth-order valence-corrected chi connectivity index (χ4v) is 0.145. The van der Waals surface area contributed by atoms with E-state index in [4.69, 9.17) is 0 Å². The van der Waals surface area contributed by atoms with Crippen LogP contribution in [0.5, 0.6) is 0 Å². The average Bonchev–Trinajstić information content (AvgIpc) is 1.35. The zero-order chi connectivity index (χ0) is 4.99. The van der Waals surface area contributed by atoms with Crippen LogP contribution in [0.2, 0.25) is 0 Å². The average molecular weight is 88.1 g/mol. The third-order valence-electron chi connectivity index (χ3n) is 0.458. The van der Waals surface area contributed by atoms with E-state index in [1.54, 1.807) is 0 Å². The molecule has 0 rings (SSSR count). The summed E-state index contributed by atoms with van der Waals surface area (Å²) < 4.78 is 11.1. The van der Waals surface area contributed by atoms with Gasteiger partial charge in [-0.25, -0.2) is 4.39 Å². The molecule has 0 nitrogen and oxygen atoms in total. The standard InChI is InChI=1S/C5H9F/c1-5(2)3-4-6/h3-5H,1-2H3. The molecule has 0 atom stereocenters. The van der Waals surface area contributed by atoms with E-state index in [0.29, 0.717) is 12.2 Å². The lowest BCUT2D eigenvalue weighted by molar-refractivity contribution is 0.695. The number of halogens is 1. The molecular weight excluding hydrogens is 79.1 g/mol. The molecule has 0 aromatic carbocycles. The van der Waals surface area contributed by atoms with Crippen LogP contribution < -0.4 is 0 Å². The van der Waals surface area contributed by atoms with Crippen molar-refractivity contribution in [3.8, 4) is 0 Å². The molecular formula is C5H9F. The Hall–Kier alpha value is -0.330. The van der Waals surface area contributed by atoms with Crippen molar-refractivity contribution in [1.82, 2.24) is 0 Å². The van der Waals surface area contributed by atoms with Gasteiger partial charge in [0.25, 0.3) is 0 Å². The Bertz CT molecular complexity index is 45.9. The van der Waals surface area contributed by atoms with Gasteiger partial charge < -0.3 is 0 Å². The van der Waals surface area contributed by atoms with Crippen LogP contribution in [0.4, 0.5) is 4.39 Å². The molecule has 1 heteroatoms. The first-order valence-electron chi connectivity index (χ1n) is 2.04. The Morgan fingerprint density at radius 2 is 2.00 bits per heavy atom. The lowest BCUT2D eigenvalue weighted by atomic mass is 10.2. The molecule has 0 N–H and O–H groups in total. The summed E-state index contributed by atoms with van der Waals surface area (Å²) >= 11 is 0. The van der Waals surface area contributed by atoms with Crippen LogP contribution in [0, 0.1) is 5.92 Å². The Morgan fingerprint density at radius 3 is 2.00 bits per heavy atom. The van der Waals surface area contributed by atoms with Crippen molar-refractivity contribution in [3.63, 3.8) is 0 Å². The summed E-state index contributed by atoms with van der Waals surface area (Å²) in [5, 5.41) is 0. The van der Waals surface area contributed by atoms with E-state index in [2.05, 4.69) is 0 Å². The Labute approximate surface area is 37.7 Å². The topological polar surface area (TPSA) is 0 Å². The first kappa shape index (κ1) is 5.67. The maximum absolute atomic E-state index is 11.1. The number of rotatable bonds is 1. The third kappa shape index (κ3) is 3.67. The predicted octanol–water partition coefficient (Wildman–Crippen LogP) is 2.13. The molecule has 0 radical (unpaired) electrons. The van der Waals surface area contributed by atoms with Crippen LogP contribution >= 0.6 is 0 Å². The lowest BCUT2D eigenvalue weighted by Gasteiger charge is -1.85. The summed E-state index contributed by atoms with van der Waals surface area (Å²) in [6.07, 6.45) is 2.07. The van der Waals surface area contributed by atoms with Gasteiger partial charge >= 0.3 is 0 Å². The van der Waals surface area contributed by atoms with Gasteiger partial charge in [0.15, 0.2) is 0 Å². The zero-order valence-corrected chi connectivity index (χ0v) is 4.11. The largest absolute Gasteiger partial charge is 0.216 e. The maximum Gasteiger partial charge on any atom is 0.0829 e. The van der Waals surface area contributed by atoms with Gasteiger partial charge in [-0.2, -0.15) is 0 Å². The van der Waals surface area contributed by atoms with Crippen molar-refractivity contribution in [2.45, 2.75) is 13.8 Å². The second-order valence-corrected chi connectivity index (χ2v) is 1.56. The third-order valence-corrected chi connectivity index (χ3v) is 0.458. The molecule has 0 fully saturated rings. The lowest BCUT2D eigenvalue weighted by Crippen LogP contribution is -1.72. The van der Waals surface area contributed by atoms with Gasteiger partial charge in [0.05, 0.1) is 6.33 Å². The monoisotopic (exact) mass is 88.1 g/mol. The summed E-state index contributed by atoms with van der Waals surface area (Å²) in [6.45, 7) is 3.85. The van der Waals surface area contributed by atoms with Crippen LogP contribution in [0.15, 0.2) is 12.4 Å². The number of hydrogen-bond acceptors (Lipinski definition) is 0. The van der Waals surface area contributed by atoms with E-state index in [-0.39, 0.29) is 0 Å². The fourth-order valence-electron chi connectivity index (χ4n) is 0.145. The molecule has 0 amide bonds. The van der Waals surface area contributed by atoms with Gasteiger partial charge in [-0.05, 0) is 5.92 Å². The maximum atomic E-state index is 11.1. The van der Waals surface area contributed by atoms with Crippen molar-refractivity contribution >= 4 is 0 Å². The Kier molecular flexibility index (Phi) is 2.73. The molecule has 6 heavy (non-hydrogen) atoms. The molecule has 36 valence electrons. The van der Waals surface area contributed by atoms with E-state index in [9.17, 15) is 4.39 Å². The zero-order valence-electron chi connectivity index (χ0n) is 4.11. The first-order chi connectivity index (χ1) is 2.77. The smallest absolute Gasteiger partial charge is 0.0829 e. The molecule has 0 bridgehead atoms. The molecule has 0 aromatic rings. The summed E-state index contributed by atoms with van der Waals surface area (Å²) in [6, 6.07) is 0. The van der Waals surface area contributed by atoms with E-state index in [1.807, 2.05) is 13.8 Å². The van der Waals surface area contributed by atoms with Gasteiger partial charge in [-0.15, -0.1) is 0 Å².